The molecule has 178 valence electrons. The van der Waals surface area contributed by atoms with Gasteiger partial charge in [-0.05, 0) is 64.1 Å². The predicted molar refractivity (Wildman–Crippen MR) is 140 cm³/mol. The van der Waals surface area contributed by atoms with Crippen molar-refractivity contribution in [2.24, 2.45) is 0 Å². The number of alkyl halides is 1. The number of rotatable bonds is 9. The van der Waals surface area contributed by atoms with Gasteiger partial charge in [-0.15, -0.1) is 11.8 Å². The largest absolute Gasteiger partial charge is 0.395 e. The number of nitrogens with one attached hydrogen (secondary N) is 1. The SMILES string of the molecule is CCc1ccc(Cc2cccc3c4c([nH]c23)[C@](S[C@H](CO)[C@@H](O)CO)([C@H](O)I)OCC4)cc1. The molecule has 4 atom stereocenters. The van der Waals surface area contributed by atoms with E-state index in [0.29, 0.717) is 13.0 Å². The van der Waals surface area contributed by atoms with Crippen LogP contribution in [-0.4, -0.2) is 60.7 Å². The van der Waals surface area contributed by atoms with Crippen LogP contribution in [0.15, 0.2) is 42.5 Å². The maximum Gasteiger partial charge on any atom is 0.189 e. The van der Waals surface area contributed by atoms with E-state index in [4.69, 9.17) is 4.74 Å². The Morgan fingerprint density at radius 2 is 1.82 bits per heavy atom. The smallest absolute Gasteiger partial charge is 0.189 e. The number of aryl methyl sites for hydroxylation is 1. The lowest BCUT2D eigenvalue weighted by molar-refractivity contribution is -0.0370. The van der Waals surface area contributed by atoms with Gasteiger partial charge in [0.25, 0.3) is 0 Å². The van der Waals surface area contributed by atoms with Crippen molar-refractivity contribution in [3.05, 3.63) is 70.4 Å². The second-order valence-electron chi connectivity index (χ2n) is 8.36. The number of benzene rings is 2. The van der Waals surface area contributed by atoms with Gasteiger partial charge in [0.05, 0.1) is 36.9 Å². The maximum absolute atomic E-state index is 10.8. The summed E-state index contributed by atoms with van der Waals surface area (Å²) in [4.78, 5) is 2.35. The Labute approximate surface area is 211 Å². The first-order valence-electron chi connectivity index (χ1n) is 11.2. The number of H-pyrrole nitrogens is 1. The highest BCUT2D eigenvalue weighted by atomic mass is 127. The van der Waals surface area contributed by atoms with Crippen molar-refractivity contribution in [3.8, 4) is 0 Å². The number of fused-ring (bicyclic) bond motifs is 3. The fourth-order valence-electron chi connectivity index (χ4n) is 4.45. The average Bonchev–Trinajstić information content (AvgIpc) is 3.23. The first-order valence-corrected chi connectivity index (χ1v) is 13.3. The lowest BCUT2D eigenvalue weighted by atomic mass is 9.98. The topological polar surface area (TPSA) is 106 Å². The molecular weight excluding hydrogens is 553 g/mol. The number of hydrogen-bond donors (Lipinski definition) is 5. The molecule has 33 heavy (non-hydrogen) atoms. The van der Waals surface area contributed by atoms with Crippen molar-refractivity contribution < 1.29 is 25.2 Å². The van der Waals surface area contributed by atoms with Crippen LogP contribution in [0.1, 0.15) is 34.9 Å². The summed E-state index contributed by atoms with van der Waals surface area (Å²) in [6.45, 7) is 1.72. The fourth-order valence-corrected chi connectivity index (χ4v) is 6.70. The van der Waals surface area contributed by atoms with Crippen molar-refractivity contribution in [1.29, 1.82) is 0 Å². The summed E-state index contributed by atoms with van der Waals surface area (Å²) < 4.78 is 5.22. The van der Waals surface area contributed by atoms with Gasteiger partial charge in [-0.3, -0.25) is 0 Å². The van der Waals surface area contributed by atoms with Crippen LogP contribution in [0.2, 0.25) is 0 Å². The number of hydrogen-bond acceptors (Lipinski definition) is 6. The van der Waals surface area contributed by atoms with Crippen molar-refractivity contribution in [1.82, 2.24) is 4.98 Å². The molecule has 0 spiro atoms. The Morgan fingerprint density at radius 3 is 2.45 bits per heavy atom. The zero-order chi connectivity index (χ0) is 23.6. The third-order valence-corrected chi connectivity index (χ3v) is 9.27. The van der Waals surface area contributed by atoms with Crippen LogP contribution in [0.5, 0.6) is 0 Å². The molecule has 4 rings (SSSR count). The maximum atomic E-state index is 10.8. The van der Waals surface area contributed by atoms with Crippen LogP contribution in [0.3, 0.4) is 0 Å². The summed E-state index contributed by atoms with van der Waals surface area (Å²) in [5.74, 6) is 0. The van der Waals surface area contributed by atoms with Gasteiger partial charge < -0.3 is 30.1 Å². The van der Waals surface area contributed by atoms with Crippen molar-refractivity contribution in [2.45, 2.75) is 46.6 Å². The second kappa shape index (κ2) is 10.6. The van der Waals surface area contributed by atoms with Gasteiger partial charge in [0.1, 0.15) is 4.11 Å². The molecule has 6 nitrogen and oxygen atoms in total. The molecule has 0 saturated carbocycles. The molecule has 5 N–H and O–H groups in total. The number of para-hydroxylation sites is 1. The van der Waals surface area contributed by atoms with E-state index in [9.17, 15) is 20.4 Å². The molecule has 0 aliphatic carbocycles. The van der Waals surface area contributed by atoms with E-state index in [0.717, 1.165) is 52.3 Å². The van der Waals surface area contributed by atoms with E-state index in [1.165, 1.54) is 11.1 Å². The summed E-state index contributed by atoms with van der Waals surface area (Å²) in [5.41, 5.74) is 6.54. The van der Waals surface area contributed by atoms with Gasteiger partial charge in [0.2, 0.25) is 0 Å². The number of aliphatic hydroxyl groups excluding tert-OH is 4. The van der Waals surface area contributed by atoms with E-state index >= 15 is 0 Å². The van der Waals surface area contributed by atoms with Crippen molar-refractivity contribution in [3.63, 3.8) is 0 Å². The Bertz CT molecular complexity index is 1090. The molecule has 0 bridgehead atoms. The number of aromatic nitrogens is 1. The first-order chi connectivity index (χ1) is 15.9. The monoisotopic (exact) mass is 583 g/mol. The third-order valence-electron chi connectivity index (χ3n) is 6.31. The number of ether oxygens (including phenoxy) is 1. The quantitative estimate of drug-likeness (QED) is 0.196. The van der Waals surface area contributed by atoms with Gasteiger partial charge >= 0.3 is 0 Å². The summed E-state index contributed by atoms with van der Waals surface area (Å²) >= 11 is 3.07. The molecular formula is C25H30INO5S. The number of halogens is 1. The summed E-state index contributed by atoms with van der Waals surface area (Å²) in [7, 11) is 0. The lowest BCUT2D eigenvalue weighted by Crippen LogP contribution is -2.44. The molecule has 3 aromatic rings. The van der Waals surface area contributed by atoms with Gasteiger partial charge in [0.15, 0.2) is 4.93 Å². The standard InChI is InChI=1S/C25H30INO5S/c1-2-15-6-8-16(9-7-15)12-17-4-3-5-18-19-10-11-32-25(24(26)31,23(19)27-22(17)18)33-21(14-29)20(30)13-28/h3-9,20-21,24,27-31H,2,10-14H2,1H3/t20-,21+,24-,25-/m0/s1. The molecule has 1 aliphatic heterocycles. The molecule has 0 fully saturated rings. The second-order valence-corrected chi connectivity index (χ2v) is 11.0. The minimum atomic E-state index is -1.20. The summed E-state index contributed by atoms with van der Waals surface area (Å²) in [6.07, 6.45) is 1.35. The highest BCUT2D eigenvalue weighted by Gasteiger charge is 2.48. The molecule has 0 saturated heterocycles. The molecule has 0 amide bonds. The van der Waals surface area contributed by atoms with E-state index in [1.54, 1.807) is 0 Å². The highest BCUT2D eigenvalue weighted by Crippen LogP contribution is 2.50. The Kier molecular flexibility index (Phi) is 8.05. The Hall–Kier alpha value is -1.14. The van der Waals surface area contributed by atoms with Crippen LogP contribution < -0.4 is 0 Å². The fraction of sp³-hybridized carbons (Fsp3) is 0.440. The lowest BCUT2D eigenvalue weighted by Gasteiger charge is -2.40. The minimum Gasteiger partial charge on any atom is -0.395 e. The van der Waals surface area contributed by atoms with E-state index in [2.05, 4.69) is 54.4 Å². The molecule has 1 aromatic heterocycles. The number of thioether (sulfide) groups is 1. The highest BCUT2D eigenvalue weighted by molar-refractivity contribution is 14.1. The van der Waals surface area contributed by atoms with Crippen molar-refractivity contribution in [2.75, 3.05) is 19.8 Å². The zero-order valence-corrected chi connectivity index (χ0v) is 21.5. The molecule has 8 heteroatoms. The molecule has 2 aromatic carbocycles. The van der Waals surface area contributed by atoms with E-state index in [1.807, 2.05) is 22.6 Å². The van der Waals surface area contributed by atoms with E-state index < -0.39 is 27.0 Å². The molecule has 1 aliphatic rings. The van der Waals surface area contributed by atoms with Gasteiger partial charge in [-0.1, -0.05) is 49.4 Å². The Morgan fingerprint density at radius 1 is 1.09 bits per heavy atom. The van der Waals surface area contributed by atoms with Gasteiger partial charge in [-0.2, -0.15) is 0 Å². The van der Waals surface area contributed by atoms with Crippen molar-refractivity contribution >= 4 is 45.3 Å². The normalized spacial score (nSPS) is 21.0. The van der Waals surface area contributed by atoms with Crippen LogP contribution in [0.4, 0.5) is 0 Å². The number of aliphatic hydroxyl groups is 4. The van der Waals surface area contributed by atoms with Crippen LogP contribution in [0, 0.1) is 0 Å². The molecule has 0 unspecified atom stereocenters. The van der Waals surface area contributed by atoms with Gasteiger partial charge in [-0.25, -0.2) is 0 Å². The summed E-state index contributed by atoms with van der Waals surface area (Å²) in [5, 5.41) is 40.7. The molecule has 0 radical (unpaired) electrons. The van der Waals surface area contributed by atoms with E-state index in [-0.39, 0.29) is 6.61 Å². The molecule has 2 heterocycles. The minimum absolute atomic E-state index is 0.352. The number of aromatic amines is 1. The Balaban J connectivity index is 1.77. The third kappa shape index (κ3) is 4.84. The predicted octanol–water partition coefficient (Wildman–Crippen LogP) is 3.25. The van der Waals surface area contributed by atoms with Crippen LogP contribution >= 0.6 is 34.4 Å². The van der Waals surface area contributed by atoms with Gasteiger partial charge in [0, 0.05) is 10.9 Å². The zero-order valence-electron chi connectivity index (χ0n) is 18.5. The van der Waals surface area contributed by atoms with Crippen LogP contribution in [-0.2, 0) is 28.9 Å². The van der Waals surface area contributed by atoms with Crippen LogP contribution in [0.25, 0.3) is 10.9 Å². The average molecular weight is 583 g/mol. The summed E-state index contributed by atoms with van der Waals surface area (Å²) in [6, 6.07) is 14.9. The first kappa shape index (κ1) is 25.0.